The molecule has 4 rings (SSSR count). The summed E-state index contributed by atoms with van der Waals surface area (Å²) >= 11 is 5.94. The lowest BCUT2D eigenvalue weighted by Gasteiger charge is -2.10. The number of aromatic nitrogens is 4. The highest BCUT2D eigenvalue weighted by atomic mass is 35.5. The first-order chi connectivity index (χ1) is 14.5. The Morgan fingerprint density at radius 1 is 1.13 bits per heavy atom. The van der Waals surface area contributed by atoms with Gasteiger partial charge in [-0.2, -0.15) is 8.78 Å². The van der Waals surface area contributed by atoms with Gasteiger partial charge in [-0.15, -0.1) is 10.2 Å². The molecule has 0 bridgehead atoms. The van der Waals surface area contributed by atoms with Gasteiger partial charge < -0.3 is 10.1 Å². The summed E-state index contributed by atoms with van der Waals surface area (Å²) in [7, 11) is 0. The van der Waals surface area contributed by atoms with Crippen LogP contribution in [0.3, 0.4) is 0 Å². The minimum Gasteiger partial charge on any atom is -0.435 e. The number of nitrogens with zero attached hydrogens (tertiary/aromatic N) is 4. The van der Waals surface area contributed by atoms with Crippen LogP contribution in [-0.2, 0) is 6.54 Å². The first kappa shape index (κ1) is 19.7. The SMILES string of the molecule is O=C(NCc1cncc2nnc(-c3ccc(OC(F)F)cc3)n12)c1cccc(Cl)c1. The van der Waals surface area contributed by atoms with Crippen LogP contribution in [0, 0.1) is 0 Å². The number of ether oxygens (including phenoxy) is 1. The zero-order valence-corrected chi connectivity index (χ0v) is 16.1. The van der Waals surface area contributed by atoms with Crippen LogP contribution in [0.5, 0.6) is 5.75 Å². The van der Waals surface area contributed by atoms with Crippen molar-refractivity contribution >= 4 is 23.2 Å². The zero-order valence-electron chi connectivity index (χ0n) is 15.3. The van der Waals surface area contributed by atoms with Gasteiger partial charge in [-0.1, -0.05) is 17.7 Å². The molecule has 0 fully saturated rings. The van der Waals surface area contributed by atoms with Crippen LogP contribution in [0.25, 0.3) is 17.0 Å². The van der Waals surface area contributed by atoms with Crippen molar-refractivity contribution < 1.29 is 18.3 Å². The molecule has 2 aromatic carbocycles. The molecule has 30 heavy (non-hydrogen) atoms. The molecule has 0 aliphatic carbocycles. The van der Waals surface area contributed by atoms with Gasteiger partial charge in [-0.05, 0) is 42.5 Å². The number of carbonyl (C=O) groups is 1. The molecule has 1 N–H and O–H groups in total. The third-order valence-electron chi connectivity index (χ3n) is 4.24. The van der Waals surface area contributed by atoms with Crippen molar-refractivity contribution in [2.24, 2.45) is 0 Å². The van der Waals surface area contributed by atoms with Gasteiger partial charge in [0.1, 0.15) is 5.75 Å². The van der Waals surface area contributed by atoms with E-state index in [1.54, 1.807) is 47.0 Å². The number of hydrogen-bond donors (Lipinski definition) is 1. The van der Waals surface area contributed by atoms with Crippen LogP contribution >= 0.6 is 11.6 Å². The molecule has 0 unspecified atom stereocenters. The molecule has 0 saturated heterocycles. The van der Waals surface area contributed by atoms with Gasteiger partial charge >= 0.3 is 6.61 Å². The van der Waals surface area contributed by atoms with E-state index in [-0.39, 0.29) is 18.2 Å². The molecule has 0 atom stereocenters. The Balaban J connectivity index is 1.60. The first-order valence-electron chi connectivity index (χ1n) is 8.78. The van der Waals surface area contributed by atoms with Crippen molar-refractivity contribution in [2.45, 2.75) is 13.2 Å². The smallest absolute Gasteiger partial charge is 0.387 e. The minimum atomic E-state index is -2.90. The molecule has 0 radical (unpaired) electrons. The number of rotatable bonds is 6. The van der Waals surface area contributed by atoms with E-state index in [9.17, 15) is 13.6 Å². The third kappa shape index (κ3) is 4.20. The van der Waals surface area contributed by atoms with Gasteiger partial charge in [-0.3, -0.25) is 14.2 Å². The highest BCUT2D eigenvalue weighted by Crippen LogP contribution is 2.23. The van der Waals surface area contributed by atoms with Crippen LogP contribution < -0.4 is 10.1 Å². The summed E-state index contributed by atoms with van der Waals surface area (Å²) in [5.74, 6) is 0.221. The van der Waals surface area contributed by atoms with Crippen LogP contribution in [0.15, 0.2) is 60.9 Å². The fourth-order valence-electron chi connectivity index (χ4n) is 2.91. The van der Waals surface area contributed by atoms with Gasteiger partial charge in [0.2, 0.25) is 0 Å². The quantitative estimate of drug-likeness (QED) is 0.501. The molecule has 0 spiro atoms. The van der Waals surface area contributed by atoms with Gasteiger partial charge in [0, 0.05) is 22.3 Å². The second kappa shape index (κ2) is 8.42. The van der Waals surface area contributed by atoms with E-state index >= 15 is 0 Å². The number of carbonyl (C=O) groups excluding carboxylic acids is 1. The fourth-order valence-corrected chi connectivity index (χ4v) is 3.10. The summed E-state index contributed by atoms with van der Waals surface area (Å²) in [6.07, 6.45) is 3.12. The minimum absolute atomic E-state index is 0.0400. The molecule has 2 heterocycles. The van der Waals surface area contributed by atoms with Gasteiger partial charge in [0.05, 0.1) is 18.4 Å². The van der Waals surface area contributed by atoms with E-state index in [1.807, 2.05) is 0 Å². The van der Waals surface area contributed by atoms with E-state index < -0.39 is 6.61 Å². The topological polar surface area (TPSA) is 81.4 Å². The fraction of sp³-hybridized carbons (Fsp3) is 0.100. The van der Waals surface area contributed by atoms with Crippen molar-refractivity contribution in [3.8, 4) is 17.1 Å². The highest BCUT2D eigenvalue weighted by Gasteiger charge is 2.14. The van der Waals surface area contributed by atoms with Gasteiger partial charge in [0.25, 0.3) is 5.91 Å². The molecular weight excluding hydrogens is 416 g/mol. The first-order valence-corrected chi connectivity index (χ1v) is 9.16. The Bertz CT molecular complexity index is 1200. The summed E-state index contributed by atoms with van der Waals surface area (Å²) < 4.78 is 30.8. The van der Waals surface area contributed by atoms with Crippen molar-refractivity contribution in [1.82, 2.24) is 24.9 Å². The summed E-state index contributed by atoms with van der Waals surface area (Å²) in [4.78, 5) is 16.6. The summed E-state index contributed by atoms with van der Waals surface area (Å²) in [5, 5.41) is 11.5. The van der Waals surface area contributed by atoms with Gasteiger partial charge in [0.15, 0.2) is 11.5 Å². The molecule has 10 heteroatoms. The number of amides is 1. The van der Waals surface area contributed by atoms with E-state index in [4.69, 9.17) is 11.6 Å². The molecule has 0 saturated carbocycles. The third-order valence-corrected chi connectivity index (χ3v) is 4.48. The second-order valence-electron chi connectivity index (χ2n) is 6.21. The normalized spacial score (nSPS) is 11.1. The average molecular weight is 430 g/mol. The van der Waals surface area contributed by atoms with E-state index in [1.165, 1.54) is 18.3 Å². The van der Waals surface area contributed by atoms with E-state index in [0.717, 1.165) is 0 Å². The number of alkyl halides is 2. The van der Waals surface area contributed by atoms with E-state index in [2.05, 4.69) is 25.2 Å². The summed E-state index contributed by atoms with van der Waals surface area (Å²) in [5.41, 5.74) is 2.18. The lowest BCUT2D eigenvalue weighted by Crippen LogP contribution is -2.24. The molecule has 7 nitrogen and oxygen atoms in total. The van der Waals surface area contributed by atoms with Crippen LogP contribution in [-0.4, -0.2) is 32.1 Å². The van der Waals surface area contributed by atoms with Crippen molar-refractivity contribution in [3.63, 3.8) is 0 Å². The Kier molecular flexibility index (Phi) is 5.53. The Morgan fingerprint density at radius 2 is 1.93 bits per heavy atom. The van der Waals surface area contributed by atoms with Crippen molar-refractivity contribution in [3.05, 3.63) is 77.2 Å². The molecule has 0 aliphatic rings. The Morgan fingerprint density at radius 3 is 2.67 bits per heavy atom. The number of halogens is 3. The van der Waals surface area contributed by atoms with E-state index in [0.29, 0.717) is 33.3 Å². The largest absolute Gasteiger partial charge is 0.435 e. The van der Waals surface area contributed by atoms with Crippen LogP contribution in [0.2, 0.25) is 5.02 Å². The summed E-state index contributed by atoms with van der Waals surface area (Å²) in [6.45, 7) is -2.74. The zero-order chi connectivity index (χ0) is 21.1. The predicted molar refractivity (Wildman–Crippen MR) is 105 cm³/mol. The molecule has 2 aromatic heterocycles. The molecule has 1 amide bonds. The van der Waals surface area contributed by atoms with Crippen molar-refractivity contribution in [1.29, 1.82) is 0 Å². The number of nitrogens with one attached hydrogen (secondary N) is 1. The van der Waals surface area contributed by atoms with Crippen molar-refractivity contribution in [2.75, 3.05) is 0 Å². The standard InChI is InChI=1S/C20H14ClF2N5O2/c21-14-3-1-2-13(8-14)19(29)25-10-15-9-24-11-17-26-27-18(28(15)17)12-4-6-16(7-5-12)30-20(22)23/h1-9,11,20H,10H2,(H,25,29). The Labute approximate surface area is 174 Å². The monoisotopic (exact) mass is 429 g/mol. The molecule has 0 aliphatic heterocycles. The second-order valence-corrected chi connectivity index (χ2v) is 6.65. The number of fused-ring (bicyclic) bond motifs is 1. The van der Waals surface area contributed by atoms with Gasteiger partial charge in [-0.25, -0.2) is 0 Å². The lowest BCUT2D eigenvalue weighted by molar-refractivity contribution is -0.0498. The average Bonchev–Trinajstić information content (AvgIpc) is 3.17. The number of benzene rings is 2. The highest BCUT2D eigenvalue weighted by molar-refractivity contribution is 6.30. The summed E-state index contributed by atoms with van der Waals surface area (Å²) in [6, 6.07) is 12.7. The Hall–Kier alpha value is -3.59. The maximum atomic E-state index is 12.4. The molecule has 152 valence electrons. The lowest BCUT2D eigenvalue weighted by atomic mass is 10.2. The molecular formula is C20H14ClF2N5O2. The molecule has 4 aromatic rings. The van der Waals surface area contributed by atoms with Crippen LogP contribution in [0.1, 0.15) is 16.1 Å². The number of hydrogen-bond acceptors (Lipinski definition) is 5. The maximum Gasteiger partial charge on any atom is 0.387 e. The van der Waals surface area contributed by atoms with Crippen LogP contribution in [0.4, 0.5) is 8.78 Å². The maximum absolute atomic E-state index is 12.4. The predicted octanol–water partition coefficient (Wildman–Crippen LogP) is 3.98.